The molecule has 2 amide bonds. The third kappa shape index (κ3) is 3.36. The predicted octanol–water partition coefficient (Wildman–Crippen LogP) is -0.257. The minimum Gasteiger partial charge on any atom is -0.333 e. The standard InChI is InChI=1S/C13H21N5O2/c1-3-10-11(9-17(2)16-10)15-12(19)13(20)18-7-4-5-14-6-8-18/h9,14H,3-8H2,1-2H3,(H,15,19). The monoisotopic (exact) mass is 279 g/mol. The van der Waals surface area contributed by atoms with Crippen LogP contribution in [-0.2, 0) is 23.1 Å². The molecule has 1 aromatic rings. The Morgan fingerprint density at radius 1 is 1.40 bits per heavy atom. The fraction of sp³-hybridized carbons (Fsp3) is 0.615. The second-order valence-corrected chi connectivity index (χ2v) is 4.87. The van der Waals surface area contributed by atoms with Crippen LogP contribution < -0.4 is 10.6 Å². The quantitative estimate of drug-likeness (QED) is 0.731. The van der Waals surface area contributed by atoms with Crippen LogP contribution in [0.4, 0.5) is 5.69 Å². The number of hydrogen-bond donors (Lipinski definition) is 2. The van der Waals surface area contributed by atoms with Crippen molar-refractivity contribution in [2.24, 2.45) is 7.05 Å². The Labute approximate surface area is 118 Å². The molecular weight excluding hydrogens is 258 g/mol. The van der Waals surface area contributed by atoms with Gasteiger partial charge in [-0.1, -0.05) is 6.92 Å². The second kappa shape index (κ2) is 6.51. The summed E-state index contributed by atoms with van der Waals surface area (Å²) in [7, 11) is 1.79. The first kappa shape index (κ1) is 14.5. The molecule has 7 nitrogen and oxygen atoms in total. The Hall–Kier alpha value is -1.89. The van der Waals surface area contributed by atoms with E-state index in [0.717, 1.165) is 25.2 Å². The van der Waals surface area contributed by atoms with E-state index in [1.54, 1.807) is 22.8 Å². The van der Waals surface area contributed by atoms with E-state index in [1.807, 2.05) is 6.92 Å². The third-order valence-electron chi connectivity index (χ3n) is 3.31. The molecule has 1 aliphatic rings. The molecule has 7 heteroatoms. The minimum atomic E-state index is -0.588. The average molecular weight is 279 g/mol. The minimum absolute atomic E-state index is 0.473. The van der Waals surface area contributed by atoms with Gasteiger partial charge in [-0.2, -0.15) is 5.10 Å². The van der Waals surface area contributed by atoms with Crippen LogP contribution in [0.25, 0.3) is 0 Å². The number of nitrogens with zero attached hydrogens (tertiary/aromatic N) is 3. The summed E-state index contributed by atoms with van der Waals surface area (Å²) in [4.78, 5) is 25.8. The molecule has 2 heterocycles. The molecule has 20 heavy (non-hydrogen) atoms. The first-order chi connectivity index (χ1) is 9.61. The Balaban J connectivity index is 2.01. The fourth-order valence-corrected chi connectivity index (χ4v) is 2.27. The molecule has 0 atom stereocenters. The lowest BCUT2D eigenvalue weighted by Gasteiger charge is -2.18. The van der Waals surface area contributed by atoms with Crippen molar-refractivity contribution in [2.45, 2.75) is 19.8 Å². The van der Waals surface area contributed by atoms with E-state index in [2.05, 4.69) is 15.7 Å². The van der Waals surface area contributed by atoms with Crippen molar-refractivity contribution in [3.63, 3.8) is 0 Å². The van der Waals surface area contributed by atoms with Crippen LogP contribution in [0.5, 0.6) is 0 Å². The fourth-order valence-electron chi connectivity index (χ4n) is 2.27. The molecule has 0 saturated carbocycles. The van der Waals surface area contributed by atoms with E-state index in [9.17, 15) is 9.59 Å². The highest BCUT2D eigenvalue weighted by Gasteiger charge is 2.23. The Morgan fingerprint density at radius 2 is 2.20 bits per heavy atom. The van der Waals surface area contributed by atoms with Crippen LogP contribution >= 0.6 is 0 Å². The lowest BCUT2D eigenvalue weighted by Crippen LogP contribution is -2.41. The van der Waals surface area contributed by atoms with Gasteiger partial charge >= 0.3 is 11.8 Å². The Bertz CT molecular complexity index is 489. The smallest absolute Gasteiger partial charge is 0.313 e. The normalized spacial score (nSPS) is 15.8. The number of amides is 2. The van der Waals surface area contributed by atoms with Gasteiger partial charge in [-0.25, -0.2) is 0 Å². The van der Waals surface area contributed by atoms with Crippen molar-refractivity contribution >= 4 is 17.5 Å². The summed E-state index contributed by atoms with van der Waals surface area (Å²) in [6, 6.07) is 0. The molecule has 1 fully saturated rings. The van der Waals surface area contributed by atoms with Gasteiger partial charge < -0.3 is 15.5 Å². The third-order valence-corrected chi connectivity index (χ3v) is 3.31. The van der Waals surface area contributed by atoms with Crippen molar-refractivity contribution in [3.05, 3.63) is 11.9 Å². The van der Waals surface area contributed by atoms with Crippen LogP contribution in [0.15, 0.2) is 6.20 Å². The highest BCUT2D eigenvalue weighted by Crippen LogP contribution is 2.13. The molecule has 0 aliphatic carbocycles. The number of anilines is 1. The number of carbonyl (C=O) groups is 2. The van der Waals surface area contributed by atoms with E-state index >= 15 is 0 Å². The van der Waals surface area contributed by atoms with Gasteiger partial charge in [-0.05, 0) is 19.4 Å². The summed E-state index contributed by atoms with van der Waals surface area (Å²) in [5, 5.41) is 10.1. The Kier molecular flexibility index (Phi) is 4.73. The van der Waals surface area contributed by atoms with Crippen LogP contribution in [0.2, 0.25) is 0 Å². The summed E-state index contributed by atoms with van der Waals surface area (Å²) in [6.45, 7) is 4.76. The number of rotatable bonds is 2. The first-order valence-electron chi connectivity index (χ1n) is 6.95. The number of hydrogen-bond acceptors (Lipinski definition) is 4. The molecule has 0 spiro atoms. The van der Waals surface area contributed by atoms with Gasteiger partial charge in [0.25, 0.3) is 0 Å². The van der Waals surface area contributed by atoms with Crippen LogP contribution in [0.1, 0.15) is 19.0 Å². The topological polar surface area (TPSA) is 79.3 Å². The number of aryl methyl sites for hydroxylation is 2. The molecular formula is C13H21N5O2. The predicted molar refractivity (Wildman–Crippen MR) is 75.3 cm³/mol. The van der Waals surface area contributed by atoms with E-state index < -0.39 is 11.8 Å². The van der Waals surface area contributed by atoms with Gasteiger partial charge in [0.05, 0.1) is 11.4 Å². The van der Waals surface area contributed by atoms with Crippen LogP contribution in [-0.4, -0.2) is 52.7 Å². The van der Waals surface area contributed by atoms with Gasteiger partial charge in [0.2, 0.25) is 0 Å². The van der Waals surface area contributed by atoms with Crippen molar-refractivity contribution in [1.29, 1.82) is 0 Å². The summed E-state index contributed by atoms with van der Waals surface area (Å²) < 4.78 is 1.63. The van der Waals surface area contributed by atoms with Gasteiger partial charge in [-0.15, -0.1) is 0 Å². The number of nitrogens with one attached hydrogen (secondary N) is 2. The van der Waals surface area contributed by atoms with Crippen molar-refractivity contribution < 1.29 is 9.59 Å². The number of aromatic nitrogens is 2. The van der Waals surface area contributed by atoms with Gasteiger partial charge in [0.15, 0.2) is 0 Å². The molecule has 0 aromatic carbocycles. The zero-order valence-corrected chi connectivity index (χ0v) is 12.0. The molecule has 0 unspecified atom stereocenters. The summed E-state index contributed by atoms with van der Waals surface area (Å²) >= 11 is 0. The van der Waals surface area contributed by atoms with Crippen molar-refractivity contribution in [3.8, 4) is 0 Å². The van der Waals surface area contributed by atoms with Crippen molar-refractivity contribution in [1.82, 2.24) is 20.0 Å². The molecule has 110 valence electrons. The van der Waals surface area contributed by atoms with Crippen LogP contribution in [0.3, 0.4) is 0 Å². The maximum absolute atomic E-state index is 12.1. The van der Waals surface area contributed by atoms with E-state index in [4.69, 9.17) is 0 Å². The first-order valence-corrected chi connectivity index (χ1v) is 6.95. The zero-order valence-electron chi connectivity index (χ0n) is 12.0. The van der Waals surface area contributed by atoms with Crippen molar-refractivity contribution in [2.75, 3.05) is 31.5 Å². The average Bonchev–Trinajstić information content (AvgIpc) is 2.66. The molecule has 0 radical (unpaired) electrons. The lowest BCUT2D eigenvalue weighted by molar-refractivity contribution is -0.143. The summed E-state index contributed by atoms with van der Waals surface area (Å²) in [5.74, 6) is -1.06. The highest BCUT2D eigenvalue weighted by molar-refractivity contribution is 6.39. The van der Waals surface area contributed by atoms with E-state index in [1.165, 1.54) is 0 Å². The molecule has 1 aromatic heterocycles. The van der Waals surface area contributed by atoms with Gasteiger partial charge in [0, 0.05) is 32.9 Å². The van der Waals surface area contributed by atoms with E-state index in [-0.39, 0.29) is 0 Å². The molecule has 1 saturated heterocycles. The Morgan fingerprint density at radius 3 is 2.95 bits per heavy atom. The highest BCUT2D eigenvalue weighted by atomic mass is 16.2. The molecule has 0 bridgehead atoms. The maximum Gasteiger partial charge on any atom is 0.313 e. The lowest BCUT2D eigenvalue weighted by atomic mass is 10.3. The second-order valence-electron chi connectivity index (χ2n) is 4.87. The molecule has 2 N–H and O–H groups in total. The van der Waals surface area contributed by atoms with Crippen LogP contribution in [0, 0.1) is 0 Å². The summed E-state index contributed by atoms with van der Waals surface area (Å²) in [5.41, 5.74) is 1.40. The SMILES string of the molecule is CCc1nn(C)cc1NC(=O)C(=O)N1CCCNCC1. The molecule has 2 rings (SSSR count). The van der Waals surface area contributed by atoms with Gasteiger partial charge in [0.1, 0.15) is 0 Å². The number of carbonyl (C=O) groups excluding carboxylic acids is 2. The largest absolute Gasteiger partial charge is 0.333 e. The zero-order chi connectivity index (χ0) is 14.5. The van der Waals surface area contributed by atoms with Gasteiger partial charge in [-0.3, -0.25) is 14.3 Å². The maximum atomic E-state index is 12.1. The summed E-state index contributed by atoms with van der Waals surface area (Å²) in [6.07, 6.45) is 3.29. The van der Waals surface area contributed by atoms with E-state index in [0.29, 0.717) is 25.2 Å². The molecule has 1 aliphatic heterocycles.